The highest BCUT2D eigenvalue weighted by Crippen LogP contribution is 2.35. The van der Waals surface area contributed by atoms with Crippen molar-refractivity contribution in [3.63, 3.8) is 0 Å². The van der Waals surface area contributed by atoms with Crippen LogP contribution in [0.1, 0.15) is 31.7 Å². The molecule has 59 heavy (non-hydrogen) atoms. The first-order chi connectivity index (χ1) is 27.6. The zero-order valence-corrected chi connectivity index (χ0v) is 35.1. The lowest BCUT2D eigenvalue weighted by Crippen LogP contribution is -2.40. The number of methoxy groups -OCH3 is 1. The smallest absolute Gasteiger partial charge is 0.445 e. The lowest BCUT2D eigenvalue weighted by molar-refractivity contribution is -0.138. The van der Waals surface area contributed by atoms with Gasteiger partial charge in [0.05, 0.1) is 30.7 Å². The number of anilines is 1. The molecule has 5 rings (SSSR count). The van der Waals surface area contributed by atoms with Crippen molar-refractivity contribution in [2.24, 2.45) is 4.99 Å². The number of halogens is 6. The zero-order chi connectivity index (χ0) is 44.1. The van der Waals surface area contributed by atoms with Crippen molar-refractivity contribution in [3.05, 3.63) is 72.5 Å². The number of alkyl halides is 3. The first kappa shape index (κ1) is 49.1. The van der Waals surface area contributed by atoms with E-state index in [9.17, 15) is 45.7 Å². The van der Waals surface area contributed by atoms with E-state index in [2.05, 4.69) is 25.2 Å². The number of esters is 1. The van der Waals surface area contributed by atoms with Crippen LogP contribution in [0.15, 0.2) is 51.1 Å². The summed E-state index contributed by atoms with van der Waals surface area (Å²) >= 11 is 8.38. The SMILES string of the molecule is CC(C)N(C(=O)COc1nnc(C(F)(F)F)s1)c1ccc(F)cc1.COC(=O)CSc1cc(/N=c2\sc(=O)n3n2CCCC3)c(F)cc1Cl.O=C(O)CNCP(=O)(O)O. The Balaban J connectivity index is 0.000000258. The molecule has 0 bridgehead atoms. The van der Waals surface area contributed by atoms with Gasteiger partial charge in [-0.1, -0.05) is 28.0 Å². The predicted molar refractivity (Wildman–Crippen MR) is 207 cm³/mol. The fourth-order valence-corrected chi connectivity index (χ4v) is 7.60. The van der Waals surface area contributed by atoms with Crippen LogP contribution in [-0.2, 0) is 43.0 Å². The Morgan fingerprint density at radius 2 is 1.73 bits per heavy atom. The van der Waals surface area contributed by atoms with E-state index < -0.39 is 67.7 Å². The summed E-state index contributed by atoms with van der Waals surface area (Å²) in [5.41, 5.74) is 0.535. The summed E-state index contributed by atoms with van der Waals surface area (Å²) in [6, 6.07) is 7.66. The van der Waals surface area contributed by atoms with Gasteiger partial charge in [0.25, 0.3) is 11.1 Å². The van der Waals surface area contributed by atoms with Gasteiger partial charge >= 0.3 is 30.6 Å². The Morgan fingerprint density at radius 1 is 1.08 bits per heavy atom. The minimum atomic E-state index is -4.61. The molecule has 1 aliphatic rings. The molecule has 0 radical (unpaired) electrons. The van der Waals surface area contributed by atoms with Gasteiger partial charge in [-0.2, -0.15) is 13.2 Å². The second-order valence-electron chi connectivity index (χ2n) is 12.0. The molecular formula is C32H36ClF5N7O10PS3. The minimum absolute atomic E-state index is 0.0605. The van der Waals surface area contributed by atoms with E-state index in [4.69, 9.17) is 31.2 Å². The number of amides is 1. The second kappa shape index (κ2) is 22.4. The van der Waals surface area contributed by atoms with E-state index in [0.29, 0.717) is 28.5 Å². The number of carboxylic acid groups (broad SMARTS) is 1. The number of nitrogens with zero attached hydrogens (tertiary/aromatic N) is 6. The van der Waals surface area contributed by atoms with Crippen LogP contribution in [-0.4, -0.2) is 90.6 Å². The molecule has 0 saturated heterocycles. The molecule has 1 aliphatic heterocycles. The third kappa shape index (κ3) is 16.0. The van der Waals surface area contributed by atoms with Crippen molar-refractivity contribution in [3.8, 4) is 5.19 Å². The zero-order valence-electron chi connectivity index (χ0n) is 31.0. The first-order valence-corrected chi connectivity index (χ1v) is 21.5. The van der Waals surface area contributed by atoms with Crippen LogP contribution in [0.5, 0.6) is 5.19 Å². The summed E-state index contributed by atoms with van der Waals surface area (Å²) < 4.78 is 87.6. The molecule has 4 aromatic rings. The standard InChI is InChI=1S/C15H15ClFN3O3S2.C14H13F4N3O2S.C3H8NO5P/c1-23-13(21)8-24-12-7-11(10(17)6-9(12)16)18-14-19-4-2-3-5-20(19)15(22)25-14;1-8(2)21(10-5-3-9(15)4-6-10)11(22)7-23-13-20-19-12(24-13)14(16,17)18;5-3(6)1-4-2-10(7,8)9/h6-7H,2-5,8H2,1H3;3-6,8H,7H2,1-2H3;4H,1-2H2,(H,5,6)(H2,7,8,9)/b18-14-;;. The summed E-state index contributed by atoms with van der Waals surface area (Å²) in [5, 5.41) is 15.0. The molecule has 3 heterocycles. The molecule has 27 heteroatoms. The van der Waals surface area contributed by atoms with Crippen LogP contribution in [0.4, 0.5) is 33.3 Å². The lowest BCUT2D eigenvalue weighted by atomic mass is 10.2. The number of hydrogen-bond donors (Lipinski definition) is 4. The van der Waals surface area contributed by atoms with Crippen molar-refractivity contribution >= 4 is 82.9 Å². The summed E-state index contributed by atoms with van der Waals surface area (Å²) in [7, 11) is -2.80. The third-order valence-corrected chi connectivity index (χ3v) is 11.0. The van der Waals surface area contributed by atoms with Crippen LogP contribution >= 0.6 is 53.6 Å². The van der Waals surface area contributed by atoms with E-state index >= 15 is 0 Å². The van der Waals surface area contributed by atoms with Gasteiger partial charge in [0.15, 0.2) is 6.61 Å². The molecule has 0 saturated carbocycles. The number of carboxylic acids is 1. The van der Waals surface area contributed by atoms with Crippen molar-refractivity contribution < 1.29 is 65.3 Å². The first-order valence-electron chi connectivity index (χ1n) is 16.7. The van der Waals surface area contributed by atoms with Crippen LogP contribution in [0.3, 0.4) is 0 Å². The highest BCUT2D eigenvalue weighted by Gasteiger charge is 2.36. The summed E-state index contributed by atoms with van der Waals surface area (Å²) in [6.45, 7) is 3.86. The molecule has 0 fully saturated rings. The molecule has 4 N–H and O–H groups in total. The van der Waals surface area contributed by atoms with E-state index in [1.165, 1.54) is 42.3 Å². The topological polar surface area (TPSA) is 228 Å². The van der Waals surface area contributed by atoms with Crippen molar-refractivity contribution in [2.75, 3.05) is 37.2 Å². The summed E-state index contributed by atoms with van der Waals surface area (Å²) in [5.74, 6) is -3.01. The van der Waals surface area contributed by atoms with Gasteiger partial charge in [-0.3, -0.25) is 33.7 Å². The molecule has 0 unspecified atom stereocenters. The molecule has 0 aliphatic carbocycles. The number of hydrogen-bond acceptors (Lipinski definition) is 14. The van der Waals surface area contributed by atoms with Gasteiger partial charge in [0.1, 0.15) is 17.3 Å². The third-order valence-electron chi connectivity index (χ3n) is 7.13. The summed E-state index contributed by atoms with van der Waals surface area (Å²) in [4.78, 5) is 68.3. The fraction of sp³-hybridized carbons (Fsp3) is 0.406. The normalized spacial score (nSPS) is 12.8. The Bertz CT molecular complexity index is 2250. The van der Waals surface area contributed by atoms with Gasteiger partial charge in [0, 0.05) is 29.7 Å². The molecule has 0 spiro atoms. The van der Waals surface area contributed by atoms with Crippen LogP contribution < -0.4 is 24.6 Å². The van der Waals surface area contributed by atoms with E-state index in [-0.39, 0.29) is 43.9 Å². The predicted octanol–water partition coefficient (Wildman–Crippen LogP) is 5.11. The fourth-order valence-electron chi connectivity index (χ4n) is 4.65. The number of aromatic nitrogens is 4. The number of carbonyl (C=O) groups is 3. The Labute approximate surface area is 348 Å². The molecule has 17 nitrogen and oxygen atoms in total. The van der Waals surface area contributed by atoms with E-state index in [1.54, 1.807) is 23.2 Å². The van der Waals surface area contributed by atoms with Crippen molar-refractivity contribution in [1.82, 2.24) is 24.9 Å². The van der Waals surface area contributed by atoms with Gasteiger partial charge < -0.3 is 29.3 Å². The van der Waals surface area contributed by atoms with Crippen molar-refractivity contribution in [2.45, 2.75) is 56.9 Å². The lowest BCUT2D eigenvalue weighted by Gasteiger charge is -2.26. The second-order valence-corrected chi connectivity index (χ2v) is 16.9. The average molecular weight is 936 g/mol. The van der Waals surface area contributed by atoms with Crippen molar-refractivity contribution in [1.29, 1.82) is 0 Å². The highest BCUT2D eigenvalue weighted by atomic mass is 35.5. The molecule has 2 aromatic carbocycles. The maximum absolute atomic E-state index is 14.3. The maximum Gasteiger partial charge on any atom is 0.445 e. The van der Waals surface area contributed by atoms with Crippen LogP contribution in [0.2, 0.25) is 5.02 Å². The number of ether oxygens (including phenoxy) is 2. The number of nitrogens with one attached hydrogen (secondary N) is 1. The van der Waals surface area contributed by atoms with E-state index in [0.717, 1.165) is 42.0 Å². The number of rotatable bonds is 13. The number of thioether (sulfide) groups is 1. The van der Waals surface area contributed by atoms with Gasteiger partial charge in [-0.15, -0.1) is 16.9 Å². The summed E-state index contributed by atoms with van der Waals surface area (Å²) in [6.07, 6.45) is -3.31. The van der Waals surface area contributed by atoms with Gasteiger partial charge in [-0.05, 0) is 74.4 Å². The quantitative estimate of drug-likeness (QED) is 0.0592. The Hall–Kier alpha value is -4.23. The highest BCUT2D eigenvalue weighted by molar-refractivity contribution is 8.00. The maximum atomic E-state index is 14.3. The number of fused-ring (bicyclic) bond motifs is 1. The number of benzene rings is 2. The molecule has 0 atom stereocenters. The Morgan fingerprint density at radius 3 is 2.29 bits per heavy atom. The Kier molecular flexibility index (Phi) is 18.6. The van der Waals surface area contributed by atoms with Gasteiger partial charge in [0.2, 0.25) is 9.81 Å². The van der Waals surface area contributed by atoms with Crippen LogP contribution in [0.25, 0.3) is 0 Å². The number of aliphatic carboxylic acids is 1. The molecule has 2 aromatic heterocycles. The largest absolute Gasteiger partial charge is 0.480 e. The molecule has 324 valence electrons. The number of carbonyl (C=O) groups excluding carboxylic acids is 2. The average Bonchev–Trinajstić information content (AvgIpc) is 3.77. The van der Waals surface area contributed by atoms with Gasteiger partial charge in [-0.25, -0.2) is 18.5 Å². The van der Waals surface area contributed by atoms with Crippen LogP contribution in [0, 0.1) is 11.6 Å². The van der Waals surface area contributed by atoms with E-state index in [1.807, 2.05) is 0 Å². The minimum Gasteiger partial charge on any atom is -0.480 e. The monoisotopic (exact) mass is 935 g/mol. The molecule has 1 amide bonds. The molecular weight excluding hydrogens is 900 g/mol.